The summed E-state index contributed by atoms with van der Waals surface area (Å²) >= 11 is 0. The number of ether oxygens (including phenoxy) is 1. The van der Waals surface area contributed by atoms with Crippen LogP contribution in [0.2, 0.25) is 0 Å². The minimum Gasteiger partial charge on any atom is -0.446 e. The van der Waals surface area contributed by atoms with Crippen LogP contribution >= 0.6 is 0 Å². The molecule has 15 heavy (non-hydrogen) atoms. The van der Waals surface area contributed by atoms with Gasteiger partial charge in [0.05, 0.1) is 0 Å². The molecule has 1 fully saturated rings. The van der Waals surface area contributed by atoms with E-state index in [1.54, 1.807) is 0 Å². The highest BCUT2D eigenvalue weighted by Crippen LogP contribution is 2.29. The van der Waals surface area contributed by atoms with Gasteiger partial charge < -0.3 is 15.6 Å². The summed E-state index contributed by atoms with van der Waals surface area (Å²) in [5.74, 6) is 0.740. The largest absolute Gasteiger partial charge is 0.446 e. The summed E-state index contributed by atoms with van der Waals surface area (Å²) in [4.78, 5) is 10.5. The molecule has 4 nitrogen and oxygen atoms in total. The van der Waals surface area contributed by atoms with E-state index >= 15 is 0 Å². The summed E-state index contributed by atoms with van der Waals surface area (Å²) in [5, 5.41) is 8.67. The summed E-state index contributed by atoms with van der Waals surface area (Å²) in [7, 11) is 0. The van der Waals surface area contributed by atoms with Crippen LogP contribution in [0.3, 0.4) is 0 Å². The van der Waals surface area contributed by atoms with Gasteiger partial charge in [-0.2, -0.15) is 0 Å². The predicted molar refractivity (Wildman–Crippen MR) is 57.4 cm³/mol. The van der Waals surface area contributed by atoms with Crippen LogP contribution in [0.5, 0.6) is 0 Å². The normalized spacial score (nSPS) is 26.2. The fourth-order valence-electron chi connectivity index (χ4n) is 2.25. The molecule has 0 unspecified atom stereocenters. The highest BCUT2D eigenvalue weighted by molar-refractivity contribution is 5.64. The number of carbonyl (C=O) groups excluding carboxylic acids is 1. The molecule has 0 aromatic carbocycles. The standard InChI is InChI=1S/C11H21NO3/c12-11(14)15-10-6-4-9(5-7-10)3-1-2-8-13/h9-10,13H,1-8H2,(H2,12,14)/t9-,10-. The molecule has 0 radical (unpaired) electrons. The van der Waals surface area contributed by atoms with Gasteiger partial charge in [0, 0.05) is 6.61 Å². The minimum atomic E-state index is -0.654. The maximum absolute atomic E-state index is 10.5. The van der Waals surface area contributed by atoms with Gasteiger partial charge in [-0.15, -0.1) is 0 Å². The quantitative estimate of drug-likeness (QED) is 0.687. The van der Waals surface area contributed by atoms with E-state index in [4.69, 9.17) is 15.6 Å². The zero-order valence-electron chi connectivity index (χ0n) is 9.15. The maximum atomic E-state index is 10.5. The lowest BCUT2D eigenvalue weighted by atomic mass is 9.84. The van der Waals surface area contributed by atoms with E-state index < -0.39 is 6.09 Å². The van der Waals surface area contributed by atoms with Crippen molar-refractivity contribution in [3.63, 3.8) is 0 Å². The van der Waals surface area contributed by atoms with Crippen LogP contribution in [0.4, 0.5) is 4.79 Å². The molecule has 0 bridgehead atoms. The summed E-state index contributed by atoms with van der Waals surface area (Å²) < 4.78 is 4.96. The first kappa shape index (κ1) is 12.3. The molecule has 3 N–H and O–H groups in total. The number of hydrogen-bond acceptors (Lipinski definition) is 3. The first-order valence-corrected chi connectivity index (χ1v) is 5.79. The van der Waals surface area contributed by atoms with Crippen LogP contribution in [-0.2, 0) is 4.74 Å². The molecule has 0 aliphatic heterocycles. The Morgan fingerprint density at radius 3 is 2.47 bits per heavy atom. The highest BCUT2D eigenvalue weighted by atomic mass is 16.6. The van der Waals surface area contributed by atoms with E-state index in [9.17, 15) is 4.79 Å². The molecule has 1 aliphatic carbocycles. The molecule has 88 valence electrons. The number of carbonyl (C=O) groups is 1. The maximum Gasteiger partial charge on any atom is 0.404 e. The van der Waals surface area contributed by atoms with Crippen molar-refractivity contribution in [2.45, 2.75) is 51.0 Å². The number of unbranched alkanes of at least 4 members (excludes halogenated alkanes) is 1. The van der Waals surface area contributed by atoms with Gasteiger partial charge in [-0.3, -0.25) is 0 Å². The van der Waals surface area contributed by atoms with Crippen molar-refractivity contribution in [1.29, 1.82) is 0 Å². The van der Waals surface area contributed by atoms with Crippen molar-refractivity contribution in [3.05, 3.63) is 0 Å². The second-order valence-electron chi connectivity index (χ2n) is 4.30. The number of aliphatic hydroxyl groups excluding tert-OH is 1. The number of aliphatic hydroxyl groups is 1. The molecule has 0 spiro atoms. The smallest absolute Gasteiger partial charge is 0.404 e. The van der Waals surface area contributed by atoms with Gasteiger partial charge in [0.1, 0.15) is 6.10 Å². The van der Waals surface area contributed by atoms with Crippen LogP contribution < -0.4 is 5.73 Å². The van der Waals surface area contributed by atoms with Crippen LogP contribution in [0, 0.1) is 5.92 Å². The Morgan fingerprint density at radius 2 is 1.93 bits per heavy atom. The van der Waals surface area contributed by atoms with E-state index in [-0.39, 0.29) is 6.10 Å². The molecule has 0 aromatic rings. The zero-order chi connectivity index (χ0) is 11.1. The van der Waals surface area contributed by atoms with Gasteiger partial charge in [-0.05, 0) is 38.0 Å². The molecule has 0 atom stereocenters. The predicted octanol–water partition coefficient (Wildman–Crippen LogP) is 1.80. The number of rotatable bonds is 5. The molecule has 1 rings (SSSR count). The van der Waals surface area contributed by atoms with Gasteiger partial charge in [0.2, 0.25) is 0 Å². The van der Waals surface area contributed by atoms with Gasteiger partial charge in [-0.1, -0.05) is 12.8 Å². The van der Waals surface area contributed by atoms with Gasteiger partial charge >= 0.3 is 6.09 Å². The number of primary amides is 1. The second-order valence-corrected chi connectivity index (χ2v) is 4.30. The number of amides is 1. The average Bonchev–Trinajstić information content (AvgIpc) is 2.20. The Balaban J connectivity index is 2.10. The lowest BCUT2D eigenvalue weighted by Crippen LogP contribution is -2.27. The lowest BCUT2D eigenvalue weighted by molar-refractivity contribution is 0.0693. The first-order chi connectivity index (χ1) is 7.22. The van der Waals surface area contributed by atoms with Crippen molar-refractivity contribution in [2.75, 3.05) is 6.61 Å². The Hall–Kier alpha value is -0.770. The fourth-order valence-corrected chi connectivity index (χ4v) is 2.25. The third kappa shape index (κ3) is 5.02. The molecule has 0 saturated heterocycles. The SMILES string of the molecule is NC(=O)O[C@H]1CC[C@H](CCCCO)CC1. The van der Waals surface area contributed by atoms with Crippen LogP contribution in [0.15, 0.2) is 0 Å². The van der Waals surface area contributed by atoms with Crippen LogP contribution in [0.1, 0.15) is 44.9 Å². The Kier molecular flexibility index (Phi) is 5.47. The molecule has 1 saturated carbocycles. The third-order valence-corrected chi connectivity index (χ3v) is 3.10. The molecular formula is C11H21NO3. The summed E-state index contributed by atoms with van der Waals surface area (Å²) in [6.07, 6.45) is 6.67. The van der Waals surface area contributed by atoms with E-state index in [0.717, 1.165) is 44.4 Å². The van der Waals surface area contributed by atoms with E-state index in [2.05, 4.69) is 0 Å². The van der Waals surface area contributed by atoms with Gasteiger partial charge in [0.15, 0.2) is 0 Å². The third-order valence-electron chi connectivity index (χ3n) is 3.10. The van der Waals surface area contributed by atoms with E-state index in [1.807, 2.05) is 0 Å². The van der Waals surface area contributed by atoms with Crippen molar-refractivity contribution >= 4 is 6.09 Å². The first-order valence-electron chi connectivity index (χ1n) is 5.79. The van der Waals surface area contributed by atoms with Crippen molar-refractivity contribution in [3.8, 4) is 0 Å². The average molecular weight is 215 g/mol. The van der Waals surface area contributed by atoms with Gasteiger partial charge in [0.25, 0.3) is 0 Å². The topological polar surface area (TPSA) is 72.6 Å². The number of hydrogen-bond donors (Lipinski definition) is 2. The van der Waals surface area contributed by atoms with Crippen LogP contribution in [0.25, 0.3) is 0 Å². The Morgan fingerprint density at radius 1 is 1.27 bits per heavy atom. The van der Waals surface area contributed by atoms with Crippen molar-refractivity contribution in [1.82, 2.24) is 0 Å². The van der Waals surface area contributed by atoms with E-state index in [0.29, 0.717) is 6.61 Å². The lowest BCUT2D eigenvalue weighted by Gasteiger charge is -2.27. The minimum absolute atomic E-state index is 0.0385. The van der Waals surface area contributed by atoms with Crippen molar-refractivity contribution in [2.24, 2.45) is 11.7 Å². The van der Waals surface area contributed by atoms with E-state index in [1.165, 1.54) is 6.42 Å². The molecule has 0 heterocycles. The molecule has 0 aromatic heterocycles. The monoisotopic (exact) mass is 215 g/mol. The molecular weight excluding hydrogens is 194 g/mol. The molecule has 1 aliphatic rings. The fraction of sp³-hybridized carbons (Fsp3) is 0.909. The summed E-state index contributed by atoms with van der Waals surface area (Å²) in [6, 6.07) is 0. The molecule has 4 heteroatoms. The molecule has 1 amide bonds. The Bertz CT molecular complexity index is 188. The summed E-state index contributed by atoms with van der Waals surface area (Å²) in [5.41, 5.74) is 4.97. The number of nitrogens with two attached hydrogens (primary N) is 1. The van der Waals surface area contributed by atoms with Gasteiger partial charge in [-0.25, -0.2) is 4.79 Å². The van der Waals surface area contributed by atoms with Crippen LogP contribution in [-0.4, -0.2) is 23.9 Å². The summed E-state index contributed by atoms with van der Waals surface area (Å²) in [6.45, 7) is 0.292. The highest BCUT2D eigenvalue weighted by Gasteiger charge is 2.22. The Labute approximate surface area is 90.8 Å². The van der Waals surface area contributed by atoms with Crippen molar-refractivity contribution < 1.29 is 14.6 Å². The zero-order valence-corrected chi connectivity index (χ0v) is 9.15. The second kappa shape index (κ2) is 6.67.